The van der Waals surface area contributed by atoms with Crippen molar-refractivity contribution in [2.45, 2.75) is 31.9 Å². The van der Waals surface area contributed by atoms with Gasteiger partial charge in [0.15, 0.2) is 0 Å². The van der Waals surface area contributed by atoms with Gasteiger partial charge in [0.05, 0.1) is 11.5 Å². The van der Waals surface area contributed by atoms with E-state index in [1.165, 1.54) is 6.07 Å². The van der Waals surface area contributed by atoms with Crippen LogP contribution in [-0.2, 0) is 23.2 Å². The van der Waals surface area contributed by atoms with Crippen molar-refractivity contribution in [2.24, 2.45) is 5.92 Å². The number of hydrogen-bond acceptors (Lipinski definition) is 4. The minimum absolute atomic E-state index is 0.160. The second-order valence-electron chi connectivity index (χ2n) is 4.52. The van der Waals surface area contributed by atoms with Crippen LogP contribution in [0.5, 0.6) is 0 Å². The van der Waals surface area contributed by atoms with Crippen LogP contribution >= 0.6 is 11.8 Å². The predicted octanol–water partition coefficient (Wildman–Crippen LogP) is 1.28. The maximum atomic E-state index is 12.1. The van der Waals surface area contributed by atoms with E-state index in [-0.39, 0.29) is 17.4 Å². The van der Waals surface area contributed by atoms with Crippen LogP contribution in [0.15, 0.2) is 17.2 Å². The van der Waals surface area contributed by atoms with Crippen LogP contribution in [0.3, 0.4) is 0 Å². The van der Waals surface area contributed by atoms with Gasteiger partial charge in [-0.25, -0.2) is 13.1 Å². The summed E-state index contributed by atoms with van der Waals surface area (Å²) in [7, 11) is -3.49. The minimum Gasteiger partial charge on any atom is -0.390 e. The van der Waals surface area contributed by atoms with Crippen molar-refractivity contribution >= 4 is 21.8 Å². The van der Waals surface area contributed by atoms with Crippen LogP contribution in [0.1, 0.15) is 19.5 Å². The average molecular weight is 306 g/mol. The van der Waals surface area contributed by atoms with Crippen LogP contribution in [0.25, 0.3) is 0 Å². The van der Waals surface area contributed by atoms with Crippen molar-refractivity contribution in [2.75, 3.05) is 18.6 Å². The summed E-state index contributed by atoms with van der Waals surface area (Å²) >= 11 is 1.70. The molecule has 1 heterocycles. The third-order valence-electron chi connectivity index (χ3n) is 2.85. The zero-order valence-electron chi connectivity index (χ0n) is 11.6. The lowest BCUT2D eigenvalue weighted by Gasteiger charge is -2.10. The zero-order chi connectivity index (χ0) is 14.5. The summed E-state index contributed by atoms with van der Waals surface area (Å²) in [6.45, 7) is 4.81. The molecule has 0 aromatic carbocycles. The number of nitrogens with zero attached hydrogens (tertiary/aromatic N) is 1. The monoisotopic (exact) mass is 306 g/mol. The Labute approximate surface area is 119 Å². The fourth-order valence-corrected chi connectivity index (χ4v) is 3.69. The molecule has 0 radical (unpaired) electrons. The molecule has 1 aromatic heterocycles. The molecular formula is C12H22N2O3S2. The van der Waals surface area contributed by atoms with Crippen molar-refractivity contribution in [3.8, 4) is 0 Å². The van der Waals surface area contributed by atoms with Gasteiger partial charge < -0.3 is 9.67 Å². The first-order chi connectivity index (χ1) is 8.94. The number of sulfonamides is 1. The molecule has 5 nitrogen and oxygen atoms in total. The lowest BCUT2D eigenvalue weighted by Crippen LogP contribution is -2.29. The third kappa shape index (κ3) is 4.52. The number of aliphatic hydroxyl groups excluding tert-OH is 1. The fraction of sp³-hybridized carbons (Fsp3) is 0.667. The van der Waals surface area contributed by atoms with Crippen molar-refractivity contribution in [1.82, 2.24) is 9.29 Å². The molecule has 1 unspecified atom stereocenters. The Hall–Kier alpha value is -0.500. The molecule has 0 aliphatic heterocycles. The molecule has 0 saturated carbocycles. The molecule has 0 amide bonds. The van der Waals surface area contributed by atoms with E-state index in [0.29, 0.717) is 18.8 Å². The van der Waals surface area contributed by atoms with Gasteiger partial charge in [0.1, 0.15) is 0 Å². The number of hydrogen-bond donors (Lipinski definition) is 2. The van der Waals surface area contributed by atoms with Crippen LogP contribution in [-0.4, -0.2) is 36.6 Å². The number of aryl methyl sites for hydroxylation is 1. The standard InChI is InChI=1S/C12H22N2O3S2/c1-4-14-7-12(5-11(14)8-15)19(16,17)13-6-10(2)9-18-3/h5,7,10,13,15H,4,6,8-9H2,1-3H3. The largest absolute Gasteiger partial charge is 0.390 e. The summed E-state index contributed by atoms with van der Waals surface area (Å²) in [6, 6.07) is 1.52. The number of aliphatic hydroxyl groups is 1. The maximum Gasteiger partial charge on any atom is 0.242 e. The third-order valence-corrected chi connectivity index (χ3v) is 5.14. The molecule has 7 heteroatoms. The van der Waals surface area contributed by atoms with Gasteiger partial charge in [0, 0.05) is 25.0 Å². The van der Waals surface area contributed by atoms with Crippen molar-refractivity contribution < 1.29 is 13.5 Å². The average Bonchev–Trinajstić information content (AvgIpc) is 2.81. The van der Waals surface area contributed by atoms with E-state index in [9.17, 15) is 13.5 Å². The SMILES string of the molecule is CCn1cc(S(=O)(=O)NCC(C)CSC)cc1CO. The van der Waals surface area contributed by atoms with Crippen molar-refractivity contribution in [3.05, 3.63) is 18.0 Å². The Bertz CT molecular complexity index is 476. The van der Waals surface area contributed by atoms with E-state index in [1.807, 2.05) is 20.1 Å². The molecular weight excluding hydrogens is 284 g/mol. The number of rotatable bonds is 8. The summed E-state index contributed by atoms with van der Waals surface area (Å²) in [5.41, 5.74) is 0.611. The van der Waals surface area contributed by atoms with Gasteiger partial charge >= 0.3 is 0 Å². The molecule has 0 saturated heterocycles. The summed E-state index contributed by atoms with van der Waals surface area (Å²) < 4.78 is 28.6. The van der Waals surface area contributed by atoms with E-state index in [0.717, 1.165) is 5.75 Å². The molecule has 0 aliphatic carbocycles. The highest BCUT2D eigenvalue weighted by molar-refractivity contribution is 7.98. The smallest absolute Gasteiger partial charge is 0.242 e. The first kappa shape index (κ1) is 16.6. The first-order valence-corrected chi connectivity index (χ1v) is 9.10. The van der Waals surface area contributed by atoms with E-state index in [2.05, 4.69) is 4.72 Å². The van der Waals surface area contributed by atoms with Crippen LogP contribution in [0, 0.1) is 5.92 Å². The second-order valence-corrected chi connectivity index (χ2v) is 7.20. The quantitative estimate of drug-likeness (QED) is 0.759. The van der Waals surface area contributed by atoms with Gasteiger partial charge in [-0.2, -0.15) is 11.8 Å². The van der Waals surface area contributed by atoms with Gasteiger partial charge in [-0.05, 0) is 30.9 Å². The van der Waals surface area contributed by atoms with E-state index in [4.69, 9.17) is 0 Å². The second kappa shape index (κ2) is 7.33. The van der Waals surface area contributed by atoms with Gasteiger partial charge in [-0.1, -0.05) is 6.92 Å². The van der Waals surface area contributed by atoms with Gasteiger partial charge in [0.2, 0.25) is 10.0 Å². The Balaban J connectivity index is 2.79. The highest BCUT2D eigenvalue weighted by Crippen LogP contribution is 2.15. The van der Waals surface area contributed by atoms with Crippen molar-refractivity contribution in [3.63, 3.8) is 0 Å². The normalized spacial score (nSPS) is 13.7. The minimum atomic E-state index is -3.49. The van der Waals surface area contributed by atoms with Crippen LogP contribution < -0.4 is 4.72 Å². The van der Waals surface area contributed by atoms with E-state index in [1.54, 1.807) is 22.5 Å². The molecule has 110 valence electrons. The lowest BCUT2D eigenvalue weighted by atomic mass is 10.2. The summed E-state index contributed by atoms with van der Waals surface area (Å²) in [4.78, 5) is 0.217. The molecule has 0 spiro atoms. The number of thioether (sulfide) groups is 1. The fourth-order valence-electron chi connectivity index (χ4n) is 1.78. The van der Waals surface area contributed by atoms with Crippen LogP contribution in [0.4, 0.5) is 0 Å². The number of aromatic nitrogens is 1. The first-order valence-electron chi connectivity index (χ1n) is 6.23. The molecule has 1 atom stereocenters. The summed E-state index contributed by atoms with van der Waals surface area (Å²) in [5.74, 6) is 1.20. The van der Waals surface area contributed by atoms with Gasteiger partial charge in [-0.15, -0.1) is 0 Å². The van der Waals surface area contributed by atoms with Gasteiger partial charge in [0.25, 0.3) is 0 Å². The molecule has 2 N–H and O–H groups in total. The van der Waals surface area contributed by atoms with Gasteiger partial charge in [-0.3, -0.25) is 0 Å². The molecule has 1 aromatic rings. The molecule has 19 heavy (non-hydrogen) atoms. The highest BCUT2D eigenvalue weighted by atomic mass is 32.2. The van der Waals surface area contributed by atoms with E-state index < -0.39 is 10.0 Å². The Morgan fingerprint density at radius 2 is 2.21 bits per heavy atom. The lowest BCUT2D eigenvalue weighted by molar-refractivity contribution is 0.271. The van der Waals surface area contributed by atoms with Crippen molar-refractivity contribution in [1.29, 1.82) is 0 Å². The maximum absolute atomic E-state index is 12.1. The Morgan fingerprint density at radius 1 is 1.53 bits per heavy atom. The molecule has 1 rings (SSSR count). The zero-order valence-corrected chi connectivity index (χ0v) is 13.2. The van der Waals surface area contributed by atoms with Crippen LogP contribution in [0.2, 0.25) is 0 Å². The predicted molar refractivity (Wildman–Crippen MR) is 78.8 cm³/mol. The topological polar surface area (TPSA) is 71.3 Å². The van der Waals surface area contributed by atoms with E-state index >= 15 is 0 Å². The Morgan fingerprint density at radius 3 is 2.68 bits per heavy atom. The molecule has 0 fully saturated rings. The Kier molecular flexibility index (Phi) is 6.38. The number of nitrogens with one attached hydrogen (secondary N) is 1. The summed E-state index contributed by atoms with van der Waals surface area (Å²) in [6.07, 6.45) is 3.56. The highest BCUT2D eigenvalue weighted by Gasteiger charge is 2.18. The molecule has 0 aliphatic rings. The summed E-state index contributed by atoms with van der Waals surface area (Å²) in [5, 5.41) is 9.18. The molecule has 0 bridgehead atoms.